The first-order valence-electron chi connectivity index (χ1n) is 7.34. The quantitative estimate of drug-likeness (QED) is 0.786. The van der Waals surface area contributed by atoms with Crippen molar-refractivity contribution in [2.75, 3.05) is 14.2 Å². The number of ether oxygens (including phenoxy) is 2. The van der Waals surface area contributed by atoms with Crippen LogP contribution in [0.5, 0.6) is 11.5 Å². The van der Waals surface area contributed by atoms with Gasteiger partial charge in [0.15, 0.2) is 0 Å². The zero-order valence-corrected chi connectivity index (χ0v) is 13.9. The molecule has 1 amide bonds. The fourth-order valence-corrected chi connectivity index (χ4v) is 2.97. The number of carbonyl (C=O) groups is 1. The lowest BCUT2D eigenvalue weighted by atomic mass is 10.1. The summed E-state index contributed by atoms with van der Waals surface area (Å²) in [7, 11) is 3.23. The van der Waals surface area contributed by atoms with Gasteiger partial charge in [0, 0.05) is 36.2 Å². The van der Waals surface area contributed by atoms with E-state index in [9.17, 15) is 4.79 Å². The highest BCUT2D eigenvalue weighted by Crippen LogP contribution is 2.30. The van der Waals surface area contributed by atoms with Crippen LogP contribution in [0.15, 0.2) is 36.4 Å². The maximum atomic E-state index is 12.6. The third-order valence-corrected chi connectivity index (χ3v) is 4.37. The minimum Gasteiger partial charge on any atom is -0.497 e. The van der Waals surface area contributed by atoms with E-state index in [0.717, 1.165) is 33.8 Å². The Morgan fingerprint density at radius 2 is 1.96 bits per heavy atom. The average molecular weight is 332 g/mol. The SMILES string of the molecule is COc1ccc(CN2Cc3ccc(CCl)cc3C2=O)c(OC)c1. The van der Waals surface area contributed by atoms with Gasteiger partial charge in [-0.1, -0.05) is 12.1 Å². The number of halogens is 1. The third kappa shape index (κ3) is 2.99. The van der Waals surface area contributed by atoms with Crippen molar-refractivity contribution in [2.24, 2.45) is 0 Å². The van der Waals surface area contributed by atoms with E-state index in [1.165, 1.54) is 0 Å². The Hall–Kier alpha value is -2.20. The summed E-state index contributed by atoms with van der Waals surface area (Å²) in [4.78, 5) is 14.4. The summed E-state index contributed by atoms with van der Waals surface area (Å²) >= 11 is 5.86. The van der Waals surface area contributed by atoms with E-state index in [4.69, 9.17) is 21.1 Å². The zero-order valence-electron chi connectivity index (χ0n) is 13.1. The minimum absolute atomic E-state index is 0.0323. The van der Waals surface area contributed by atoms with Gasteiger partial charge in [0.05, 0.1) is 14.2 Å². The molecule has 0 aliphatic carbocycles. The number of hydrogen-bond acceptors (Lipinski definition) is 3. The van der Waals surface area contributed by atoms with Crippen LogP contribution in [0, 0.1) is 0 Å². The molecule has 0 N–H and O–H groups in total. The Bertz CT molecular complexity index is 745. The van der Waals surface area contributed by atoms with E-state index in [1.807, 2.05) is 41.3 Å². The highest BCUT2D eigenvalue weighted by Gasteiger charge is 2.28. The summed E-state index contributed by atoms with van der Waals surface area (Å²) in [5.74, 6) is 1.89. The van der Waals surface area contributed by atoms with Crippen LogP contribution in [0.25, 0.3) is 0 Å². The molecule has 0 unspecified atom stereocenters. The van der Waals surface area contributed by atoms with Crippen LogP contribution in [-0.4, -0.2) is 25.0 Å². The van der Waals surface area contributed by atoms with Crippen molar-refractivity contribution in [2.45, 2.75) is 19.0 Å². The molecule has 0 fully saturated rings. The number of nitrogens with zero attached hydrogens (tertiary/aromatic N) is 1. The Morgan fingerprint density at radius 1 is 1.13 bits per heavy atom. The molecule has 2 aromatic carbocycles. The number of rotatable bonds is 5. The van der Waals surface area contributed by atoms with Crippen molar-refractivity contribution in [3.05, 3.63) is 58.7 Å². The van der Waals surface area contributed by atoms with E-state index in [0.29, 0.717) is 19.0 Å². The number of benzene rings is 2. The summed E-state index contributed by atoms with van der Waals surface area (Å²) in [6.07, 6.45) is 0. The van der Waals surface area contributed by atoms with Gasteiger partial charge in [0.2, 0.25) is 0 Å². The normalized spacial score (nSPS) is 13.2. The fraction of sp³-hybridized carbons (Fsp3) is 0.278. The summed E-state index contributed by atoms with van der Waals surface area (Å²) < 4.78 is 10.6. The van der Waals surface area contributed by atoms with Crippen LogP contribution in [0.2, 0.25) is 0 Å². The lowest BCUT2D eigenvalue weighted by Gasteiger charge is -2.18. The van der Waals surface area contributed by atoms with Crippen molar-refractivity contribution in [3.8, 4) is 11.5 Å². The van der Waals surface area contributed by atoms with Crippen molar-refractivity contribution in [3.63, 3.8) is 0 Å². The second-order valence-corrected chi connectivity index (χ2v) is 5.73. The lowest BCUT2D eigenvalue weighted by Crippen LogP contribution is -2.23. The van der Waals surface area contributed by atoms with Gasteiger partial charge < -0.3 is 14.4 Å². The summed E-state index contributed by atoms with van der Waals surface area (Å²) in [5.41, 5.74) is 3.70. The zero-order chi connectivity index (χ0) is 16.4. The molecular weight excluding hydrogens is 314 g/mol. The number of methoxy groups -OCH3 is 2. The number of carbonyl (C=O) groups excluding carboxylic acids is 1. The number of alkyl halides is 1. The van der Waals surface area contributed by atoms with Gasteiger partial charge in [-0.25, -0.2) is 0 Å². The Morgan fingerprint density at radius 3 is 2.65 bits per heavy atom. The van der Waals surface area contributed by atoms with Crippen LogP contribution >= 0.6 is 11.6 Å². The molecule has 3 rings (SSSR count). The van der Waals surface area contributed by atoms with Gasteiger partial charge in [0.25, 0.3) is 5.91 Å². The third-order valence-electron chi connectivity index (χ3n) is 4.06. The lowest BCUT2D eigenvalue weighted by molar-refractivity contribution is 0.0765. The molecule has 1 heterocycles. The molecule has 0 saturated heterocycles. The van der Waals surface area contributed by atoms with Crippen LogP contribution in [-0.2, 0) is 19.0 Å². The first-order chi connectivity index (χ1) is 11.2. The predicted molar refractivity (Wildman–Crippen MR) is 89.1 cm³/mol. The molecule has 1 aliphatic rings. The molecule has 0 atom stereocenters. The molecule has 120 valence electrons. The molecule has 0 aromatic heterocycles. The Labute approximate surface area is 140 Å². The van der Waals surface area contributed by atoms with Gasteiger partial charge >= 0.3 is 0 Å². The second-order valence-electron chi connectivity index (χ2n) is 5.46. The Balaban J connectivity index is 1.84. The molecule has 0 radical (unpaired) electrons. The maximum absolute atomic E-state index is 12.6. The topological polar surface area (TPSA) is 38.8 Å². The fourth-order valence-electron chi connectivity index (χ4n) is 2.81. The van der Waals surface area contributed by atoms with Crippen molar-refractivity contribution < 1.29 is 14.3 Å². The number of hydrogen-bond donors (Lipinski definition) is 0. The molecule has 23 heavy (non-hydrogen) atoms. The number of amides is 1. The monoisotopic (exact) mass is 331 g/mol. The van der Waals surface area contributed by atoms with Gasteiger partial charge in [-0.3, -0.25) is 4.79 Å². The van der Waals surface area contributed by atoms with Crippen LogP contribution < -0.4 is 9.47 Å². The van der Waals surface area contributed by atoms with Crippen molar-refractivity contribution in [1.29, 1.82) is 0 Å². The smallest absolute Gasteiger partial charge is 0.254 e. The van der Waals surface area contributed by atoms with Gasteiger partial charge in [-0.05, 0) is 29.3 Å². The molecule has 5 heteroatoms. The van der Waals surface area contributed by atoms with E-state index < -0.39 is 0 Å². The minimum atomic E-state index is 0.0323. The van der Waals surface area contributed by atoms with Gasteiger partial charge in [-0.2, -0.15) is 0 Å². The summed E-state index contributed by atoms with van der Waals surface area (Å²) in [5, 5.41) is 0. The Kier molecular flexibility index (Phi) is 4.44. The predicted octanol–water partition coefficient (Wildman–Crippen LogP) is 3.60. The van der Waals surface area contributed by atoms with Gasteiger partial charge in [0.1, 0.15) is 11.5 Å². The first kappa shape index (κ1) is 15.7. The molecule has 0 bridgehead atoms. The highest BCUT2D eigenvalue weighted by molar-refractivity contribution is 6.17. The van der Waals surface area contributed by atoms with Crippen LogP contribution in [0.1, 0.15) is 27.0 Å². The highest BCUT2D eigenvalue weighted by atomic mass is 35.5. The standard InChI is InChI=1S/C18H18ClNO3/c1-22-15-6-5-14(17(8-15)23-2)11-20-10-13-4-3-12(9-19)7-16(13)18(20)21/h3-8H,9-11H2,1-2H3. The molecule has 0 saturated carbocycles. The van der Waals surface area contributed by atoms with E-state index in [1.54, 1.807) is 14.2 Å². The average Bonchev–Trinajstić information content (AvgIpc) is 2.90. The molecular formula is C18H18ClNO3. The van der Waals surface area contributed by atoms with Crippen LogP contribution in [0.3, 0.4) is 0 Å². The number of fused-ring (bicyclic) bond motifs is 1. The van der Waals surface area contributed by atoms with E-state index in [-0.39, 0.29) is 5.91 Å². The largest absolute Gasteiger partial charge is 0.497 e. The van der Waals surface area contributed by atoms with E-state index in [2.05, 4.69) is 0 Å². The summed E-state index contributed by atoms with van der Waals surface area (Å²) in [6, 6.07) is 11.5. The molecule has 0 spiro atoms. The van der Waals surface area contributed by atoms with E-state index >= 15 is 0 Å². The van der Waals surface area contributed by atoms with Gasteiger partial charge in [-0.15, -0.1) is 11.6 Å². The maximum Gasteiger partial charge on any atom is 0.254 e. The second kappa shape index (κ2) is 6.50. The van der Waals surface area contributed by atoms with Crippen molar-refractivity contribution in [1.82, 2.24) is 4.90 Å². The first-order valence-corrected chi connectivity index (χ1v) is 7.87. The molecule has 1 aliphatic heterocycles. The van der Waals surface area contributed by atoms with Crippen LogP contribution in [0.4, 0.5) is 0 Å². The molecule has 4 nitrogen and oxygen atoms in total. The van der Waals surface area contributed by atoms with Crippen molar-refractivity contribution >= 4 is 17.5 Å². The molecule has 2 aromatic rings. The summed E-state index contributed by atoms with van der Waals surface area (Å²) in [6.45, 7) is 1.10.